The normalized spacial score (nSPS) is 20.9. The Morgan fingerprint density at radius 2 is 1.77 bits per heavy atom. The summed E-state index contributed by atoms with van der Waals surface area (Å²) >= 11 is 1.12. The van der Waals surface area contributed by atoms with Crippen LogP contribution in [0.4, 0.5) is 9.93 Å². The van der Waals surface area contributed by atoms with Crippen molar-refractivity contribution in [2.24, 2.45) is 11.3 Å². The van der Waals surface area contributed by atoms with E-state index in [0.717, 1.165) is 33.6 Å². The second kappa shape index (κ2) is 8.81. The highest BCUT2D eigenvalue weighted by Gasteiger charge is 2.48. The molecule has 0 spiro atoms. The molecular formula is C26H25N3O5S. The molecule has 1 saturated heterocycles. The van der Waals surface area contributed by atoms with Crippen molar-refractivity contribution >= 4 is 34.4 Å². The Hall–Kier alpha value is -3.72. The van der Waals surface area contributed by atoms with Crippen molar-refractivity contribution in [2.45, 2.75) is 19.8 Å². The fourth-order valence-corrected chi connectivity index (χ4v) is 5.57. The van der Waals surface area contributed by atoms with Crippen LogP contribution in [0, 0.1) is 11.3 Å². The maximum absolute atomic E-state index is 12.9. The minimum atomic E-state index is -0.992. The Labute approximate surface area is 206 Å². The van der Waals surface area contributed by atoms with Gasteiger partial charge in [-0.3, -0.25) is 14.9 Å². The van der Waals surface area contributed by atoms with Crippen LogP contribution in [0.15, 0.2) is 53.9 Å². The minimum Gasteiger partial charge on any atom is -0.481 e. The number of thiazole rings is 1. The van der Waals surface area contributed by atoms with Gasteiger partial charge in [0.25, 0.3) is 5.91 Å². The summed E-state index contributed by atoms with van der Waals surface area (Å²) in [5, 5.41) is 14.0. The molecule has 2 atom stereocenters. The van der Waals surface area contributed by atoms with Gasteiger partial charge in [-0.2, -0.15) is 0 Å². The van der Waals surface area contributed by atoms with E-state index in [9.17, 15) is 19.5 Å². The first-order valence-corrected chi connectivity index (χ1v) is 12.3. The highest BCUT2D eigenvalue weighted by molar-refractivity contribution is 7.14. The van der Waals surface area contributed by atoms with Crippen molar-refractivity contribution < 1.29 is 24.2 Å². The van der Waals surface area contributed by atoms with Crippen LogP contribution in [-0.4, -0.2) is 52.7 Å². The smallest absolute Gasteiger partial charge is 0.413 e. The van der Waals surface area contributed by atoms with Gasteiger partial charge in [-0.25, -0.2) is 9.78 Å². The first-order chi connectivity index (χ1) is 16.8. The monoisotopic (exact) mass is 491 g/mol. The lowest BCUT2D eigenvalue weighted by Crippen LogP contribution is -2.36. The summed E-state index contributed by atoms with van der Waals surface area (Å²) in [4.78, 5) is 42.8. The zero-order valence-electron chi connectivity index (χ0n) is 19.4. The van der Waals surface area contributed by atoms with Gasteiger partial charge < -0.3 is 14.7 Å². The number of hydrogen-bond donors (Lipinski definition) is 2. The molecule has 2 aromatic carbocycles. The number of hydrogen-bond acceptors (Lipinski definition) is 6. The lowest BCUT2D eigenvalue weighted by molar-refractivity contribution is -0.148. The van der Waals surface area contributed by atoms with Crippen molar-refractivity contribution in [3.8, 4) is 11.1 Å². The lowest BCUT2D eigenvalue weighted by Gasteiger charge is -2.22. The van der Waals surface area contributed by atoms with E-state index >= 15 is 0 Å². The number of nitrogens with one attached hydrogen (secondary N) is 1. The molecule has 0 saturated carbocycles. The maximum Gasteiger partial charge on any atom is 0.413 e. The van der Waals surface area contributed by atoms with Crippen LogP contribution in [0.1, 0.15) is 41.4 Å². The fourth-order valence-electron chi connectivity index (χ4n) is 4.90. The molecule has 1 aliphatic heterocycles. The van der Waals surface area contributed by atoms with Gasteiger partial charge in [-0.05, 0) is 35.1 Å². The molecule has 2 heterocycles. The maximum atomic E-state index is 12.9. The summed E-state index contributed by atoms with van der Waals surface area (Å²) in [6, 6.07) is 16.2. The number of carbonyl (C=O) groups excluding carboxylic acids is 2. The van der Waals surface area contributed by atoms with Crippen molar-refractivity contribution in [1.29, 1.82) is 0 Å². The number of aliphatic carboxylic acids is 1. The Kier molecular flexibility index (Phi) is 5.80. The van der Waals surface area contributed by atoms with E-state index in [0.29, 0.717) is 6.54 Å². The number of carboxylic acids is 1. The van der Waals surface area contributed by atoms with Gasteiger partial charge >= 0.3 is 12.1 Å². The first-order valence-electron chi connectivity index (χ1n) is 11.4. The molecule has 2 N–H and O–H groups in total. The van der Waals surface area contributed by atoms with Gasteiger partial charge in [0, 0.05) is 24.4 Å². The number of benzene rings is 2. The largest absolute Gasteiger partial charge is 0.481 e. The number of rotatable bonds is 5. The number of nitrogens with zero attached hydrogens (tertiary/aromatic N) is 2. The zero-order chi connectivity index (χ0) is 24.7. The number of fused-ring (bicyclic) bond motifs is 3. The van der Waals surface area contributed by atoms with Crippen LogP contribution in [0.25, 0.3) is 11.1 Å². The summed E-state index contributed by atoms with van der Waals surface area (Å²) in [7, 11) is 0. The predicted octanol–water partition coefficient (Wildman–Crippen LogP) is 4.69. The molecule has 2 amide bonds. The molecule has 1 aromatic heterocycles. The van der Waals surface area contributed by atoms with Gasteiger partial charge in [-0.1, -0.05) is 55.5 Å². The standard InChI is InChI=1S/C26H25N3O5S/c1-15-11-29(14-26(15,2)23(31)32)22(30)21-13-35-24(27-21)28-25(33)34-12-20-18-9-5-3-7-16(18)17-8-4-6-10-19(17)20/h3-10,13,15,20H,11-12,14H2,1-2H3,(H,31,32)(H,27,28,33)/t15-,26-/m1/s1. The third-order valence-electron chi connectivity index (χ3n) is 7.15. The van der Waals surface area contributed by atoms with Crippen LogP contribution >= 0.6 is 11.3 Å². The number of aromatic nitrogens is 1. The Balaban J connectivity index is 1.21. The number of amides is 2. The Morgan fingerprint density at radius 3 is 2.37 bits per heavy atom. The highest BCUT2D eigenvalue weighted by atomic mass is 32.1. The van der Waals surface area contributed by atoms with Gasteiger partial charge in [0.15, 0.2) is 5.13 Å². The Bertz CT molecular complexity index is 1280. The molecule has 5 rings (SSSR count). The molecule has 8 nitrogen and oxygen atoms in total. The number of anilines is 1. The van der Waals surface area contributed by atoms with Crippen LogP contribution in [0.5, 0.6) is 0 Å². The summed E-state index contributed by atoms with van der Waals surface area (Å²) in [5.74, 6) is -1.50. The summed E-state index contributed by atoms with van der Waals surface area (Å²) in [6.45, 7) is 4.12. The van der Waals surface area contributed by atoms with E-state index in [1.165, 1.54) is 4.90 Å². The molecule has 0 radical (unpaired) electrons. The topological polar surface area (TPSA) is 109 Å². The second-order valence-corrected chi connectivity index (χ2v) is 10.2. The lowest BCUT2D eigenvalue weighted by atomic mass is 9.81. The molecule has 0 unspecified atom stereocenters. The van der Waals surface area contributed by atoms with Crippen LogP contribution in [-0.2, 0) is 9.53 Å². The second-order valence-electron chi connectivity index (χ2n) is 9.30. The van der Waals surface area contributed by atoms with Crippen molar-refractivity contribution in [3.05, 3.63) is 70.7 Å². The molecule has 9 heteroatoms. The summed E-state index contributed by atoms with van der Waals surface area (Å²) in [6.07, 6.45) is -0.645. The highest BCUT2D eigenvalue weighted by Crippen LogP contribution is 2.44. The molecule has 3 aromatic rings. The van der Waals surface area contributed by atoms with Crippen molar-refractivity contribution in [1.82, 2.24) is 9.88 Å². The SMILES string of the molecule is C[C@@H]1CN(C(=O)c2csc(NC(=O)OCC3c4ccccc4-c4ccccc43)n2)C[C@@]1(C)C(=O)O. The summed E-state index contributed by atoms with van der Waals surface area (Å²) in [5.41, 5.74) is 3.72. The molecule has 1 aliphatic carbocycles. The first kappa shape index (κ1) is 23.0. The molecule has 2 aliphatic rings. The fraction of sp³-hybridized carbons (Fsp3) is 0.308. The van der Waals surface area contributed by atoms with Gasteiger partial charge in [0.05, 0.1) is 5.41 Å². The average Bonchev–Trinajstić information content (AvgIpc) is 3.52. The number of carbonyl (C=O) groups is 3. The van der Waals surface area contributed by atoms with E-state index < -0.39 is 17.5 Å². The summed E-state index contributed by atoms with van der Waals surface area (Å²) < 4.78 is 5.54. The predicted molar refractivity (Wildman–Crippen MR) is 132 cm³/mol. The van der Waals surface area contributed by atoms with Gasteiger partial charge in [0.1, 0.15) is 12.3 Å². The quantitative estimate of drug-likeness (QED) is 0.536. The third-order valence-corrected chi connectivity index (χ3v) is 7.91. The number of carboxylic acid groups (broad SMARTS) is 1. The van der Waals surface area contributed by atoms with Crippen LogP contribution < -0.4 is 5.32 Å². The average molecular weight is 492 g/mol. The van der Waals surface area contributed by atoms with Gasteiger partial charge in [0.2, 0.25) is 0 Å². The minimum absolute atomic E-state index is 0.0534. The van der Waals surface area contributed by atoms with Crippen molar-refractivity contribution in [3.63, 3.8) is 0 Å². The van der Waals surface area contributed by atoms with E-state index in [1.54, 1.807) is 12.3 Å². The molecule has 0 bridgehead atoms. The van der Waals surface area contributed by atoms with Crippen LogP contribution in [0.3, 0.4) is 0 Å². The van der Waals surface area contributed by atoms with E-state index in [1.807, 2.05) is 31.2 Å². The number of ether oxygens (including phenoxy) is 1. The van der Waals surface area contributed by atoms with Gasteiger partial charge in [-0.15, -0.1) is 11.3 Å². The number of likely N-dealkylation sites (tertiary alicyclic amines) is 1. The van der Waals surface area contributed by atoms with E-state index in [-0.39, 0.29) is 41.7 Å². The zero-order valence-corrected chi connectivity index (χ0v) is 20.2. The molecular weight excluding hydrogens is 466 g/mol. The third kappa shape index (κ3) is 4.05. The van der Waals surface area contributed by atoms with Crippen molar-refractivity contribution in [2.75, 3.05) is 25.0 Å². The molecule has 180 valence electrons. The van der Waals surface area contributed by atoms with E-state index in [2.05, 4.69) is 34.6 Å². The molecule has 1 fully saturated rings. The van der Waals surface area contributed by atoms with Crippen LogP contribution in [0.2, 0.25) is 0 Å². The molecule has 35 heavy (non-hydrogen) atoms. The Morgan fingerprint density at radius 1 is 1.14 bits per heavy atom. The van der Waals surface area contributed by atoms with E-state index in [4.69, 9.17) is 4.74 Å².